The molecule has 3 heteroatoms. The SMILES string of the molecule is OC(CCCCl)C1CCCOC1. The zero-order valence-electron chi connectivity index (χ0n) is 7.34. The summed E-state index contributed by atoms with van der Waals surface area (Å²) in [7, 11) is 0. The Morgan fingerprint density at radius 1 is 1.58 bits per heavy atom. The van der Waals surface area contributed by atoms with Gasteiger partial charge in [0, 0.05) is 18.4 Å². The van der Waals surface area contributed by atoms with Crippen molar-refractivity contribution in [3.8, 4) is 0 Å². The standard InChI is InChI=1S/C9H17ClO2/c10-5-1-4-9(11)8-3-2-6-12-7-8/h8-9,11H,1-7H2. The summed E-state index contributed by atoms with van der Waals surface area (Å²) in [6, 6.07) is 0. The molecule has 1 heterocycles. The molecule has 12 heavy (non-hydrogen) atoms. The first-order valence-electron chi connectivity index (χ1n) is 4.66. The van der Waals surface area contributed by atoms with Crippen LogP contribution >= 0.6 is 11.6 Å². The van der Waals surface area contributed by atoms with Gasteiger partial charge in [-0.1, -0.05) is 0 Å². The summed E-state index contributed by atoms with van der Waals surface area (Å²) >= 11 is 5.54. The predicted octanol–water partition coefficient (Wildman–Crippen LogP) is 1.79. The Labute approximate surface area is 78.9 Å². The van der Waals surface area contributed by atoms with E-state index in [4.69, 9.17) is 16.3 Å². The minimum absolute atomic E-state index is 0.205. The van der Waals surface area contributed by atoms with Crippen LogP contribution in [0, 0.1) is 5.92 Å². The van der Waals surface area contributed by atoms with Crippen molar-refractivity contribution in [1.82, 2.24) is 0 Å². The van der Waals surface area contributed by atoms with Gasteiger partial charge in [-0.05, 0) is 25.7 Å². The number of halogens is 1. The molecular formula is C9H17ClO2. The summed E-state index contributed by atoms with van der Waals surface area (Å²) < 4.78 is 5.29. The number of alkyl halides is 1. The second-order valence-electron chi connectivity index (χ2n) is 3.38. The minimum Gasteiger partial charge on any atom is -0.393 e. The second-order valence-corrected chi connectivity index (χ2v) is 3.75. The number of rotatable bonds is 4. The van der Waals surface area contributed by atoms with Crippen LogP contribution in [0.15, 0.2) is 0 Å². The molecule has 0 saturated carbocycles. The van der Waals surface area contributed by atoms with Crippen LogP contribution in [-0.2, 0) is 4.74 Å². The van der Waals surface area contributed by atoms with Gasteiger partial charge < -0.3 is 9.84 Å². The normalized spacial score (nSPS) is 27.0. The molecule has 1 N–H and O–H groups in total. The molecule has 1 rings (SSSR count). The predicted molar refractivity (Wildman–Crippen MR) is 49.5 cm³/mol. The first kappa shape index (κ1) is 10.3. The molecule has 0 spiro atoms. The third-order valence-corrected chi connectivity index (χ3v) is 2.64. The summed E-state index contributed by atoms with van der Waals surface area (Å²) in [5.74, 6) is 0.993. The molecule has 1 aliphatic heterocycles. The van der Waals surface area contributed by atoms with E-state index in [1.807, 2.05) is 0 Å². The van der Waals surface area contributed by atoms with E-state index in [9.17, 15) is 5.11 Å². The largest absolute Gasteiger partial charge is 0.393 e. The molecule has 0 bridgehead atoms. The van der Waals surface area contributed by atoms with Gasteiger partial charge in [0.2, 0.25) is 0 Å². The maximum Gasteiger partial charge on any atom is 0.0590 e. The van der Waals surface area contributed by atoms with E-state index in [0.717, 1.165) is 38.9 Å². The van der Waals surface area contributed by atoms with Crippen molar-refractivity contribution in [2.24, 2.45) is 5.92 Å². The number of ether oxygens (including phenoxy) is 1. The van der Waals surface area contributed by atoms with Gasteiger partial charge in [-0.3, -0.25) is 0 Å². The zero-order chi connectivity index (χ0) is 8.81. The molecule has 0 aromatic carbocycles. The summed E-state index contributed by atoms with van der Waals surface area (Å²) in [5.41, 5.74) is 0. The Kier molecular flexibility index (Phi) is 4.96. The van der Waals surface area contributed by atoms with Gasteiger partial charge in [0.1, 0.15) is 0 Å². The third kappa shape index (κ3) is 3.30. The van der Waals surface area contributed by atoms with Gasteiger partial charge in [0.05, 0.1) is 12.7 Å². The van der Waals surface area contributed by atoms with Gasteiger partial charge in [-0.15, -0.1) is 11.6 Å². The van der Waals surface area contributed by atoms with E-state index in [1.165, 1.54) is 0 Å². The highest BCUT2D eigenvalue weighted by atomic mass is 35.5. The van der Waals surface area contributed by atoms with Crippen molar-refractivity contribution in [2.45, 2.75) is 31.8 Å². The van der Waals surface area contributed by atoms with Crippen molar-refractivity contribution in [3.63, 3.8) is 0 Å². The lowest BCUT2D eigenvalue weighted by Gasteiger charge is -2.26. The lowest BCUT2D eigenvalue weighted by molar-refractivity contribution is -0.0119. The maximum atomic E-state index is 9.67. The maximum absolute atomic E-state index is 9.67. The van der Waals surface area contributed by atoms with Gasteiger partial charge in [-0.2, -0.15) is 0 Å². The molecule has 1 saturated heterocycles. The molecule has 2 atom stereocenters. The molecule has 1 aliphatic rings. The Morgan fingerprint density at radius 3 is 3.00 bits per heavy atom. The van der Waals surface area contributed by atoms with Crippen LogP contribution in [0.4, 0.5) is 0 Å². The Bertz CT molecular complexity index is 113. The third-order valence-electron chi connectivity index (χ3n) is 2.37. The highest BCUT2D eigenvalue weighted by Crippen LogP contribution is 2.20. The quantitative estimate of drug-likeness (QED) is 0.689. The van der Waals surface area contributed by atoms with E-state index in [1.54, 1.807) is 0 Å². The summed E-state index contributed by atoms with van der Waals surface area (Å²) in [6.07, 6.45) is 3.70. The summed E-state index contributed by atoms with van der Waals surface area (Å²) in [5, 5.41) is 9.67. The average Bonchev–Trinajstić information content (AvgIpc) is 2.15. The molecule has 2 nitrogen and oxygen atoms in total. The molecule has 0 aliphatic carbocycles. The number of aliphatic hydroxyl groups excluding tert-OH is 1. The average molecular weight is 193 g/mol. The fourth-order valence-electron chi connectivity index (χ4n) is 1.59. The van der Waals surface area contributed by atoms with Gasteiger partial charge in [0.15, 0.2) is 0 Å². The van der Waals surface area contributed by atoms with E-state index < -0.39 is 0 Å². The van der Waals surface area contributed by atoms with Crippen LogP contribution in [-0.4, -0.2) is 30.3 Å². The number of hydrogen-bond acceptors (Lipinski definition) is 2. The van der Waals surface area contributed by atoms with Crippen molar-refractivity contribution < 1.29 is 9.84 Å². The highest BCUT2D eigenvalue weighted by molar-refractivity contribution is 6.17. The van der Waals surface area contributed by atoms with Crippen molar-refractivity contribution in [3.05, 3.63) is 0 Å². The lowest BCUT2D eigenvalue weighted by Crippen LogP contribution is -2.29. The van der Waals surface area contributed by atoms with Crippen LogP contribution in [0.5, 0.6) is 0 Å². The van der Waals surface area contributed by atoms with E-state index >= 15 is 0 Å². The van der Waals surface area contributed by atoms with Gasteiger partial charge >= 0.3 is 0 Å². The zero-order valence-corrected chi connectivity index (χ0v) is 8.09. The fourth-order valence-corrected chi connectivity index (χ4v) is 1.75. The Balaban J connectivity index is 2.15. The lowest BCUT2D eigenvalue weighted by atomic mass is 9.93. The minimum atomic E-state index is -0.205. The first-order chi connectivity index (χ1) is 5.84. The molecule has 2 unspecified atom stereocenters. The van der Waals surface area contributed by atoms with Crippen LogP contribution in [0.3, 0.4) is 0 Å². The molecule has 0 amide bonds. The molecular weight excluding hydrogens is 176 g/mol. The van der Waals surface area contributed by atoms with Crippen LogP contribution in [0.25, 0.3) is 0 Å². The fraction of sp³-hybridized carbons (Fsp3) is 1.00. The van der Waals surface area contributed by atoms with E-state index in [-0.39, 0.29) is 6.10 Å². The summed E-state index contributed by atoms with van der Waals surface area (Å²) in [4.78, 5) is 0. The second kappa shape index (κ2) is 5.79. The number of hydrogen-bond donors (Lipinski definition) is 1. The smallest absolute Gasteiger partial charge is 0.0590 e. The topological polar surface area (TPSA) is 29.5 Å². The van der Waals surface area contributed by atoms with Crippen LogP contribution in [0.2, 0.25) is 0 Å². The highest BCUT2D eigenvalue weighted by Gasteiger charge is 2.21. The first-order valence-corrected chi connectivity index (χ1v) is 5.20. The molecule has 72 valence electrons. The monoisotopic (exact) mass is 192 g/mol. The molecule has 0 aromatic rings. The van der Waals surface area contributed by atoms with Gasteiger partial charge in [0.25, 0.3) is 0 Å². The van der Waals surface area contributed by atoms with Crippen molar-refractivity contribution >= 4 is 11.6 Å². The Morgan fingerprint density at radius 2 is 2.42 bits per heavy atom. The van der Waals surface area contributed by atoms with E-state index in [2.05, 4.69) is 0 Å². The Hall–Kier alpha value is 0.210. The van der Waals surface area contributed by atoms with Crippen molar-refractivity contribution in [1.29, 1.82) is 0 Å². The molecule has 0 aromatic heterocycles. The molecule has 1 fully saturated rings. The van der Waals surface area contributed by atoms with Gasteiger partial charge in [-0.25, -0.2) is 0 Å². The number of aliphatic hydroxyl groups is 1. The van der Waals surface area contributed by atoms with E-state index in [0.29, 0.717) is 11.8 Å². The summed E-state index contributed by atoms with van der Waals surface area (Å²) in [6.45, 7) is 1.59. The molecule has 0 radical (unpaired) electrons. The van der Waals surface area contributed by atoms with Crippen molar-refractivity contribution in [2.75, 3.05) is 19.1 Å². The van der Waals surface area contributed by atoms with Crippen LogP contribution in [0.1, 0.15) is 25.7 Å². The van der Waals surface area contributed by atoms with Crippen LogP contribution < -0.4 is 0 Å².